The predicted octanol–water partition coefficient (Wildman–Crippen LogP) is 2.01. The molecule has 1 aromatic rings. The molecule has 0 saturated carbocycles. The van der Waals surface area contributed by atoms with Crippen molar-refractivity contribution in [1.29, 1.82) is 0 Å². The molecule has 0 atom stereocenters. The second-order valence-corrected chi connectivity index (χ2v) is 4.95. The molecule has 1 N–H and O–H groups in total. The van der Waals surface area contributed by atoms with Gasteiger partial charge in [-0.25, -0.2) is 0 Å². The van der Waals surface area contributed by atoms with Crippen LogP contribution in [0.1, 0.15) is 42.5 Å². The maximum atomic E-state index is 11.9. The second-order valence-electron chi connectivity index (χ2n) is 4.95. The molecule has 0 aromatic carbocycles. The number of rotatable bonds is 4. The molecule has 0 fully saturated rings. The van der Waals surface area contributed by atoms with Gasteiger partial charge in [0.05, 0.1) is 0 Å². The van der Waals surface area contributed by atoms with Gasteiger partial charge in [-0.2, -0.15) is 0 Å². The average molecular weight is 260 g/mol. The summed E-state index contributed by atoms with van der Waals surface area (Å²) in [6, 6.07) is 3.28. The Hall–Kier alpha value is -1.84. The summed E-state index contributed by atoms with van der Waals surface area (Å²) in [6.07, 6.45) is 9.63. The number of nitrogens with zero attached hydrogens (tertiary/aromatic N) is 1. The molecule has 4 nitrogen and oxygen atoms in total. The molecule has 0 bridgehead atoms. The Kier molecular flexibility index (Phi) is 4.55. The summed E-state index contributed by atoms with van der Waals surface area (Å²) in [5.41, 5.74) is 1.38. The van der Waals surface area contributed by atoms with Gasteiger partial charge < -0.3 is 9.88 Å². The van der Waals surface area contributed by atoms with E-state index in [0.717, 1.165) is 19.3 Å². The van der Waals surface area contributed by atoms with Crippen LogP contribution in [0.4, 0.5) is 0 Å². The molecular formula is C15H20N2O2. The van der Waals surface area contributed by atoms with Crippen LogP contribution in [0.3, 0.4) is 0 Å². The van der Waals surface area contributed by atoms with Gasteiger partial charge in [0, 0.05) is 19.8 Å². The molecule has 2 rings (SSSR count). The van der Waals surface area contributed by atoms with Crippen molar-refractivity contribution >= 4 is 5.91 Å². The monoisotopic (exact) mass is 260 g/mol. The van der Waals surface area contributed by atoms with Crippen LogP contribution in [0.5, 0.6) is 0 Å². The zero-order chi connectivity index (χ0) is 13.7. The Morgan fingerprint density at radius 2 is 2.26 bits per heavy atom. The SMILES string of the molecule is Cn1cccc(C(=O)NCCC2=CCCCC2)c1=O. The molecule has 102 valence electrons. The maximum absolute atomic E-state index is 11.9. The number of pyridine rings is 1. The highest BCUT2D eigenvalue weighted by Gasteiger charge is 2.10. The van der Waals surface area contributed by atoms with E-state index in [1.54, 1.807) is 25.4 Å². The number of amides is 1. The molecule has 1 aliphatic carbocycles. The quantitative estimate of drug-likeness (QED) is 0.842. The minimum Gasteiger partial charge on any atom is -0.352 e. The standard InChI is InChI=1S/C15H20N2O2/c1-17-11-5-8-13(15(17)19)14(18)16-10-9-12-6-3-2-4-7-12/h5-6,8,11H,2-4,7,9-10H2,1H3,(H,16,18). The second kappa shape index (κ2) is 6.36. The van der Waals surface area contributed by atoms with Crippen molar-refractivity contribution < 1.29 is 4.79 Å². The lowest BCUT2D eigenvalue weighted by Gasteiger charge is -2.12. The molecule has 0 spiro atoms. The van der Waals surface area contributed by atoms with Gasteiger partial charge in [0.1, 0.15) is 5.56 Å². The molecular weight excluding hydrogens is 240 g/mol. The minimum atomic E-state index is -0.280. The highest BCUT2D eigenvalue weighted by Crippen LogP contribution is 2.19. The first-order valence-corrected chi connectivity index (χ1v) is 6.80. The maximum Gasteiger partial charge on any atom is 0.263 e. The Labute approximate surface area is 113 Å². The summed E-state index contributed by atoms with van der Waals surface area (Å²) >= 11 is 0. The van der Waals surface area contributed by atoms with Crippen LogP contribution in [0.25, 0.3) is 0 Å². The molecule has 0 radical (unpaired) electrons. The van der Waals surface area contributed by atoms with E-state index in [4.69, 9.17) is 0 Å². The van der Waals surface area contributed by atoms with Crippen molar-refractivity contribution in [3.8, 4) is 0 Å². The summed E-state index contributed by atoms with van der Waals surface area (Å²) in [5.74, 6) is -0.280. The fourth-order valence-electron chi connectivity index (χ4n) is 2.33. The van der Waals surface area contributed by atoms with Gasteiger partial charge in [0.15, 0.2) is 0 Å². The lowest BCUT2D eigenvalue weighted by Crippen LogP contribution is -2.32. The number of carbonyl (C=O) groups excluding carboxylic acids is 1. The summed E-state index contributed by atoms with van der Waals surface area (Å²) in [6.45, 7) is 0.600. The number of carbonyl (C=O) groups is 1. The fraction of sp³-hybridized carbons (Fsp3) is 0.467. The van der Waals surface area contributed by atoms with Crippen molar-refractivity contribution in [3.63, 3.8) is 0 Å². The highest BCUT2D eigenvalue weighted by atomic mass is 16.2. The molecule has 0 unspecified atom stereocenters. The van der Waals surface area contributed by atoms with E-state index in [9.17, 15) is 9.59 Å². The van der Waals surface area contributed by atoms with Gasteiger partial charge in [0.2, 0.25) is 0 Å². The largest absolute Gasteiger partial charge is 0.352 e. The Bertz CT molecular complexity index is 543. The van der Waals surface area contributed by atoms with Gasteiger partial charge in [0.25, 0.3) is 11.5 Å². The van der Waals surface area contributed by atoms with Crippen molar-refractivity contribution in [2.24, 2.45) is 7.05 Å². The minimum absolute atomic E-state index is 0.211. The van der Waals surface area contributed by atoms with E-state index in [-0.39, 0.29) is 17.0 Å². The molecule has 1 aliphatic rings. The summed E-state index contributed by atoms with van der Waals surface area (Å²) in [5, 5.41) is 2.82. The van der Waals surface area contributed by atoms with E-state index in [0.29, 0.717) is 6.54 Å². The van der Waals surface area contributed by atoms with Crippen LogP contribution in [0.15, 0.2) is 34.8 Å². The van der Waals surface area contributed by atoms with Gasteiger partial charge >= 0.3 is 0 Å². The summed E-state index contributed by atoms with van der Waals surface area (Å²) < 4.78 is 1.42. The van der Waals surface area contributed by atoms with Crippen LogP contribution in [-0.2, 0) is 7.05 Å². The molecule has 1 amide bonds. The van der Waals surface area contributed by atoms with Gasteiger partial charge in [-0.3, -0.25) is 9.59 Å². The Morgan fingerprint density at radius 3 is 3.00 bits per heavy atom. The highest BCUT2D eigenvalue weighted by molar-refractivity contribution is 5.93. The summed E-state index contributed by atoms with van der Waals surface area (Å²) in [4.78, 5) is 23.7. The van der Waals surface area contributed by atoms with Crippen LogP contribution < -0.4 is 10.9 Å². The number of allylic oxidation sites excluding steroid dienone is 1. The zero-order valence-corrected chi connectivity index (χ0v) is 11.3. The molecule has 1 aromatic heterocycles. The van der Waals surface area contributed by atoms with Crippen LogP contribution in [-0.4, -0.2) is 17.0 Å². The first kappa shape index (κ1) is 13.6. The Morgan fingerprint density at radius 1 is 1.42 bits per heavy atom. The van der Waals surface area contributed by atoms with Gasteiger partial charge in [-0.05, 0) is 44.2 Å². The molecule has 1 heterocycles. The number of hydrogen-bond acceptors (Lipinski definition) is 2. The number of nitrogens with one attached hydrogen (secondary N) is 1. The fourth-order valence-corrected chi connectivity index (χ4v) is 2.33. The molecule has 19 heavy (non-hydrogen) atoms. The number of aryl methyl sites for hydroxylation is 1. The molecule has 0 saturated heterocycles. The zero-order valence-electron chi connectivity index (χ0n) is 11.3. The normalized spacial score (nSPS) is 14.9. The smallest absolute Gasteiger partial charge is 0.263 e. The van der Waals surface area contributed by atoms with Gasteiger partial charge in [-0.1, -0.05) is 11.6 Å². The van der Waals surface area contributed by atoms with Gasteiger partial charge in [-0.15, -0.1) is 0 Å². The van der Waals surface area contributed by atoms with Crippen molar-refractivity contribution in [2.45, 2.75) is 32.1 Å². The molecule has 0 aliphatic heterocycles. The van der Waals surface area contributed by atoms with Crippen molar-refractivity contribution in [1.82, 2.24) is 9.88 Å². The molecule has 4 heteroatoms. The van der Waals surface area contributed by atoms with Crippen LogP contribution in [0, 0.1) is 0 Å². The van der Waals surface area contributed by atoms with Crippen molar-refractivity contribution in [3.05, 3.63) is 45.9 Å². The van der Waals surface area contributed by atoms with E-state index < -0.39 is 0 Å². The predicted molar refractivity (Wildman–Crippen MR) is 75.2 cm³/mol. The van der Waals surface area contributed by atoms with E-state index in [1.807, 2.05) is 0 Å². The summed E-state index contributed by atoms with van der Waals surface area (Å²) in [7, 11) is 1.64. The lowest BCUT2D eigenvalue weighted by molar-refractivity contribution is 0.0952. The number of aromatic nitrogens is 1. The lowest BCUT2D eigenvalue weighted by atomic mass is 9.97. The van der Waals surface area contributed by atoms with Crippen LogP contribution in [0.2, 0.25) is 0 Å². The van der Waals surface area contributed by atoms with E-state index >= 15 is 0 Å². The average Bonchev–Trinajstić information content (AvgIpc) is 2.43. The topological polar surface area (TPSA) is 51.1 Å². The first-order chi connectivity index (χ1) is 9.18. The first-order valence-electron chi connectivity index (χ1n) is 6.80. The number of hydrogen-bond donors (Lipinski definition) is 1. The third-order valence-electron chi connectivity index (χ3n) is 3.48. The van der Waals surface area contributed by atoms with Crippen LogP contribution >= 0.6 is 0 Å². The Balaban J connectivity index is 1.89. The van der Waals surface area contributed by atoms with E-state index in [2.05, 4.69) is 11.4 Å². The van der Waals surface area contributed by atoms with E-state index in [1.165, 1.54) is 23.0 Å². The third-order valence-corrected chi connectivity index (χ3v) is 3.48. The van der Waals surface area contributed by atoms with Crippen molar-refractivity contribution in [2.75, 3.05) is 6.54 Å². The third kappa shape index (κ3) is 3.56.